The Hall–Kier alpha value is -4.00. The highest BCUT2D eigenvalue weighted by atomic mass is 32.2. The maximum Gasteiger partial charge on any atom is 0.416 e. The van der Waals surface area contributed by atoms with Gasteiger partial charge < -0.3 is 10.6 Å². The molecule has 4 aromatic rings. The Morgan fingerprint density at radius 3 is 1.88 bits per heavy atom. The number of alkyl halides is 6. The summed E-state index contributed by atoms with van der Waals surface area (Å²) in [7, 11) is -8.43. The summed E-state index contributed by atoms with van der Waals surface area (Å²) in [4.78, 5) is 8.21. The van der Waals surface area contributed by atoms with Gasteiger partial charge in [0.25, 0.3) is 0 Å². The molecule has 0 radical (unpaired) electrons. The van der Waals surface area contributed by atoms with Crippen molar-refractivity contribution >= 4 is 42.7 Å². The van der Waals surface area contributed by atoms with Crippen LogP contribution in [0.4, 0.5) is 38.1 Å². The number of para-hydroxylation sites is 1. The van der Waals surface area contributed by atoms with Gasteiger partial charge in [-0.3, -0.25) is 0 Å². The normalized spacial score (nSPS) is 17.5. The predicted octanol–water partition coefficient (Wildman–Crippen LogP) is 6.17. The van der Waals surface area contributed by atoms with Crippen molar-refractivity contribution in [3.63, 3.8) is 0 Å². The van der Waals surface area contributed by atoms with Gasteiger partial charge in [0.15, 0.2) is 0 Å². The molecule has 5 N–H and O–H groups in total. The van der Waals surface area contributed by atoms with E-state index >= 15 is 0 Å². The highest BCUT2D eigenvalue weighted by molar-refractivity contribution is 7.89. The molecule has 1 fully saturated rings. The fourth-order valence-corrected chi connectivity index (χ4v) is 7.43. The van der Waals surface area contributed by atoms with Crippen LogP contribution in [0.3, 0.4) is 0 Å². The van der Waals surface area contributed by atoms with E-state index in [1.165, 1.54) is 12.1 Å². The second-order valence-electron chi connectivity index (χ2n) is 12.1. The SMILES string of the molecule is NS(=O)(=O)c1ccc(CCNc2nc(NC[C@H]3CC[C@H](CNS(=O)(=O)c4cc(C(F)(F)F)cc(C(F)(F)F)c4)CC3)nc3ccccc23)cc1. The molecule has 0 bridgehead atoms. The molecule has 0 unspecified atom stereocenters. The third kappa shape index (κ3) is 9.61. The molecule has 10 nitrogen and oxygen atoms in total. The van der Waals surface area contributed by atoms with Gasteiger partial charge in [-0.25, -0.2) is 31.7 Å². The van der Waals surface area contributed by atoms with Crippen LogP contribution in [0.25, 0.3) is 10.9 Å². The molecular weight excluding hydrogens is 711 g/mol. The van der Waals surface area contributed by atoms with Crippen molar-refractivity contribution in [2.75, 3.05) is 30.3 Å². The number of hydrogen-bond donors (Lipinski definition) is 4. The number of sulfonamides is 2. The van der Waals surface area contributed by atoms with Crippen molar-refractivity contribution in [1.29, 1.82) is 0 Å². The second-order valence-corrected chi connectivity index (χ2v) is 15.5. The van der Waals surface area contributed by atoms with E-state index in [1.54, 1.807) is 12.1 Å². The average molecular weight is 745 g/mol. The molecule has 1 saturated carbocycles. The average Bonchev–Trinajstić information content (AvgIpc) is 3.06. The van der Waals surface area contributed by atoms with Crippen LogP contribution < -0.4 is 20.5 Å². The Labute approximate surface area is 285 Å². The summed E-state index contributed by atoms with van der Waals surface area (Å²) >= 11 is 0. The molecule has 0 spiro atoms. The largest absolute Gasteiger partial charge is 0.416 e. The monoisotopic (exact) mass is 744 g/mol. The van der Waals surface area contributed by atoms with E-state index in [9.17, 15) is 43.2 Å². The van der Waals surface area contributed by atoms with Crippen molar-refractivity contribution in [3.8, 4) is 0 Å². The van der Waals surface area contributed by atoms with Gasteiger partial charge in [-0.2, -0.15) is 31.3 Å². The Bertz CT molecular complexity index is 2000. The molecule has 5 rings (SSSR count). The molecule has 1 aliphatic rings. The van der Waals surface area contributed by atoms with Crippen molar-refractivity contribution in [1.82, 2.24) is 14.7 Å². The zero-order valence-corrected chi connectivity index (χ0v) is 28.0. The van der Waals surface area contributed by atoms with Crippen molar-refractivity contribution in [3.05, 3.63) is 83.4 Å². The smallest absolute Gasteiger partial charge is 0.369 e. The highest BCUT2D eigenvalue weighted by Crippen LogP contribution is 2.37. The number of nitrogens with zero attached hydrogens (tertiary/aromatic N) is 2. The molecule has 0 aliphatic heterocycles. The lowest BCUT2D eigenvalue weighted by atomic mass is 9.82. The molecule has 1 aromatic heterocycles. The van der Waals surface area contributed by atoms with Crippen molar-refractivity contribution in [2.24, 2.45) is 17.0 Å². The van der Waals surface area contributed by atoms with Crippen LogP contribution in [0.5, 0.6) is 0 Å². The van der Waals surface area contributed by atoms with Crippen LogP contribution in [-0.4, -0.2) is 46.4 Å². The van der Waals surface area contributed by atoms with Crippen LogP contribution >= 0.6 is 0 Å². The van der Waals surface area contributed by atoms with E-state index in [2.05, 4.69) is 25.3 Å². The van der Waals surface area contributed by atoms with Crippen molar-refractivity contribution < 1.29 is 43.2 Å². The number of nitrogens with one attached hydrogen (secondary N) is 3. The van der Waals surface area contributed by atoms with Gasteiger partial charge in [-0.1, -0.05) is 24.3 Å². The zero-order chi connectivity index (χ0) is 36.3. The minimum Gasteiger partial charge on any atom is -0.369 e. The van der Waals surface area contributed by atoms with E-state index in [0.717, 1.165) is 10.9 Å². The molecule has 0 atom stereocenters. The van der Waals surface area contributed by atoms with Gasteiger partial charge in [-0.05, 0) is 92.0 Å². The van der Waals surface area contributed by atoms with Crippen LogP contribution in [0, 0.1) is 11.8 Å². The first-order valence-electron chi connectivity index (χ1n) is 15.5. The lowest BCUT2D eigenvalue weighted by Crippen LogP contribution is -2.32. The summed E-state index contributed by atoms with van der Waals surface area (Å²) < 4.78 is 130. The van der Waals surface area contributed by atoms with Crippen LogP contribution in [0.15, 0.2) is 76.5 Å². The maximum atomic E-state index is 13.2. The predicted molar refractivity (Wildman–Crippen MR) is 175 cm³/mol. The Morgan fingerprint density at radius 1 is 0.720 bits per heavy atom. The minimum atomic E-state index is -5.16. The summed E-state index contributed by atoms with van der Waals surface area (Å²) in [6.45, 7) is 0.899. The summed E-state index contributed by atoms with van der Waals surface area (Å²) in [5, 5.41) is 12.6. The lowest BCUT2D eigenvalue weighted by molar-refractivity contribution is -0.143. The van der Waals surface area contributed by atoms with Gasteiger partial charge in [0, 0.05) is 25.0 Å². The summed E-state index contributed by atoms with van der Waals surface area (Å²) in [6, 6.07) is 14.1. The molecule has 0 saturated heterocycles. The van der Waals surface area contributed by atoms with Gasteiger partial charge in [0.2, 0.25) is 26.0 Å². The number of rotatable bonds is 12. The van der Waals surface area contributed by atoms with E-state index in [1.807, 2.05) is 24.3 Å². The van der Waals surface area contributed by atoms with E-state index in [4.69, 9.17) is 5.14 Å². The van der Waals surface area contributed by atoms with Crippen LogP contribution in [0.1, 0.15) is 42.4 Å². The Balaban J connectivity index is 1.15. The molecule has 0 amide bonds. The van der Waals surface area contributed by atoms with Gasteiger partial charge >= 0.3 is 12.4 Å². The van der Waals surface area contributed by atoms with Crippen LogP contribution in [0.2, 0.25) is 0 Å². The highest BCUT2D eigenvalue weighted by Gasteiger charge is 2.38. The molecular formula is C32H34F6N6O4S2. The number of halogens is 6. The number of hydrogen-bond acceptors (Lipinski definition) is 8. The standard InChI is InChI=1S/C32H34F6N6O4S2/c33-31(34,35)23-15-24(32(36,37)38)17-26(16-23)50(47,48)42-19-22-7-5-21(6-8-22)18-41-30-43-28-4-2-1-3-27(28)29(44-30)40-14-13-20-9-11-25(12-10-20)49(39,45)46/h1-4,9-12,15-17,21-22,42H,5-8,13-14,18-19H2,(H2,39,45,46)(H2,40,41,43,44)/t21-,22-. The lowest BCUT2D eigenvalue weighted by Gasteiger charge is -2.28. The molecule has 270 valence electrons. The fraction of sp³-hybridized carbons (Fsp3) is 0.375. The third-order valence-corrected chi connectivity index (χ3v) is 10.8. The zero-order valence-electron chi connectivity index (χ0n) is 26.4. The van der Waals surface area contributed by atoms with E-state index in [0.29, 0.717) is 62.5 Å². The number of fused-ring (bicyclic) bond motifs is 1. The summed E-state index contributed by atoms with van der Waals surface area (Å²) in [6.07, 6.45) is -7.16. The topological polar surface area (TPSA) is 156 Å². The molecule has 1 aliphatic carbocycles. The van der Waals surface area contributed by atoms with Gasteiger partial charge in [0.1, 0.15) is 5.82 Å². The number of primary sulfonamides is 1. The quantitative estimate of drug-likeness (QED) is 0.126. The van der Waals surface area contributed by atoms with E-state index in [-0.39, 0.29) is 41.5 Å². The molecule has 1 heterocycles. The fourth-order valence-electron chi connectivity index (χ4n) is 5.73. The van der Waals surface area contributed by atoms with Gasteiger partial charge in [0.05, 0.1) is 26.4 Å². The summed E-state index contributed by atoms with van der Waals surface area (Å²) in [5.41, 5.74) is -1.79. The number of benzene rings is 3. The summed E-state index contributed by atoms with van der Waals surface area (Å²) in [5.74, 6) is 1.04. The molecule has 3 aromatic carbocycles. The first-order valence-corrected chi connectivity index (χ1v) is 18.6. The Morgan fingerprint density at radius 2 is 1.30 bits per heavy atom. The second kappa shape index (κ2) is 14.7. The maximum absolute atomic E-state index is 13.2. The first-order chi connectivity index (χ1) is 23.4. The number of anilines is 2. The van der Waals surface area contributed by atoms with Crippen LogP contribution in [-0.2, 0) is 38.8 Å². The Kier molecular flexibility index (Phi) is 10.9. The third-order valence-electron chi connectivity index (χ3n) is 8.51. The minimum absolute atomic E-state index is 0.0322. The van der Waals surface area contributed by atoms with E-state index < -0.39 is 48.4 Å². The number of aromatic nitrogens is 2. The van der Waals surface area contributed by atoms with Crippen molar-refractivity contribution in [2.45, 2.75) is 54.2 Å². The molecule has 18 heteroatoms. The van der Waals surface area contributed by atoms with Gasteiger partial charge in [-0.15, -0.1) is 0 Å². The number of nitrogens with two attached hydrogens (primary N) is 1. The molecule has 50 heavy (non-hydrogen) atoms. The first kappa shape index (κ1) is 37.3.